The molecule has 2 N–H and O–H groups in total. The molecule has 0 amide bonds. The molecule has 0 aliphatic carbocycles. The van der Waals surface area contributed by atoms with Crippen LogP contribution in [0.4, 0.5) is 13.2 Å². The minimum absolute atomic E-state index is 0.0101. The quantitative estimate of drug-likeness (QED) is 0.629. The van der Waals surface area contributed by atoms with Gasteiger partial charge in [-0.1, -0.05) is 18.2 Å². The molecule has 0 bridgehead atoms. The summed E-state index contributed by atoms with van der Waals surface area (Å²) in [6.45, 7) is 0.516. The number of hydrogen-bond donors (Lipinski definition) is 2. The van der Waals surface area contributed by atoms with E-state index in [1.165, 1.54) is 17.4 Å². The van der Waals surface area contributed by atoms with Crippen LogP contribution in [-0.2, 0) is 12.7 Å². The van der Waals surface area contributed by atoms with Crippen LogP contribution in [0.3, 0.4) is 0 Å². The van der Waals surface area contributed by atoms with Crippen LogP contribution in [-0.4, -0.2) is 32.4 Å². The fourth-order valence-corrected chi connectivity index (χ4v) is 3.95. The molecule has 0 atom stereocenters. The lowest BCUT2D eigenvalue weighted by molar-refractivity contribution is -0.137. The van der Waals surface area contributed by atoms with E-state index in [-0.39, 0.29) is 18.1 Å². The molecule has 3 aromatic rings. The SMILES string of the molecule is N=C1C(c2nc(-c3cccc(C(F)(F)F)c3)cs2)=C(O)CN1Cc1ccccn1. The Morgan fingerprint density at radius 2 is 2.00 bits per heavy atom. The highest BCUT2D eigenvalue weighted by Gasteiger charge is 2.32. The Labute approximate surface area is 168 Å². The molecule has 3 heterocycles. The first-order valence-corrected chi connectivity index (χ1v) is 9.50. The van der Waals surface area contributed by atoms with Crippen molar-refractivity contribution in [1.29, 1.82) is 5.41 Å². The van der Waals surface area contributed by atoms with Crippen LogP contribution < -0.4 is 0 Å². The first-order chi connectivity index (χ1) is 13.8. The van der Waals surface area contributed by atoms with E-state index in [1.54, 1.807) is 28.6 Å². The molecule has 9 heteroatoms. The summed E-state index contributed by atoms with van der Waals surface area (Å²) in [4.78, 5) is 10.3. The molecule has 148 valence electrons. The van der Waals surface area contributed by atoms with Gasteiger partial charge in [0.25, 0.3) is 0 Å². The van der Waals surface area contributed by atoms with Gasteiger partial charge in [0.15, 0.2) is 0 Å². The largest absolute Gasteiger partial charge is 0.510 e. The summed E-state index contributed by atoms with van der Waals surface area (Å²) in [6, 6.07) is 10.4. The van der Waals surface area contributed by atoms with Gasteiger partial charge in [-0.05, 0) is 24.3 Å². The molecular formula is C20H15F3N4OS. The van der Waals surface area contributed by atoms with Gasteiger partial charge in [0.2, 0.25) is 0 Å². The number of nitrogens with one attached hydrogen (secondary N) is 1. The number of aliphatic hydroxyl groups excluding tert-OH is 1. The number of hydrogen-bond acceptors (Lipinski definition) is 5. The highest BCUT2D eigenvalue weighted by molar-refractivity contribution is 7.11. The summed E-state index contributed by atoms with van der Waals surface area (Å²) in [5.74, 6) is 0.119. The summed E-state index contributed by atoms with van der Waals surface area (Å²) in [7, 11) is 0. The number of thiazole rings is 1. The lowest BCUT2D eigenvalue weighted by Crippen LogP contribution is -2.26. The van der Waals surface area contributed by atoms with Gasteiger partial charge < -0.3 is 10.0 Å². The van der Waals surface area contributed by atoms with Gasteiger partial charge in [-0.2, -0.15) is 13.2 Å². The molecule has 0 saturated heterocycles. The lowest BCUT2D eigenvalue weighted by Gasteiger charge is -2.17. The lowest BCUT2D eigenvalue weighted by atomic mass is 10.1. The molecule has 1 aliphatic heterocycles. The fourth-order valence-electron chi connectivity index (χ4n) is 3.06. The zero-order valence-electron chi connectivity index (χ0n) is 14.9. The van der Waals surface area contributed by atoms with E-state index >= 15 is 0 Å². The predicted octanol–water partition coefficient (Wildman–Crippen LogP) is 4.99. The molecule has 0 fully saturated rings. The minimum Gasteiger partial charge on any atom is -0.510 e. The van der Waals surface area contributed by atoms with Crippen molar-refractivity contribution in [2.75, 3.05) is 6.54 Å². The molecule has 0 saturated carbocycles. The average molecular weight is 416 g/mol. The predicted molar refractivity (Wildman–Crippen MR) is 104 cm³/mol. The van der Waals surface area contributed by atoms with E-state index in [4.69, 9.17) is 5.41 Å². The van der Waals surface area contributed by atoms with Crippen molar-refractivity contribution in [3.63, 3.8) is 0 Å². The van der Waals surface area contributed by atoms with Crippen LogP contribution in [0.25, 0.3) is 16.8 Å². The van der Waals surface area contributed by atoms with Crippen LogP contribution in [0.15, 0.2) is 59.8 Å². The fraction of sp³-hybridized carbons (Fsp3) is 0.150. The van der Waals surface area contributed by atoms with Crippen molar-refractivity contribution in [3.8, 4) is 11.3 Å². The second kappa shape index (κ2) is 7.32. The van der Waals surface area contributed by atoms with E-state index in [0.29, 0.717) is 28.4 Å². The van der Waals surface area contributed by atoms with Crippen molar-refractivity contribution >= 4 is 22.7 Å². The summed E-state index contributed by atoms with van der Waals surface area (Å²) in [5.41, 5.74) is 1.01. The van der Waals surface area contributed by atoms with Crippen LogP contribution >= 0.6 is 11.3 Å². The second-order valence-corrected chi connectivity index (χ2v) is 7.32. The van der Waals surface area contributed by atoms with Crippen LogP contribution in [0.5, 0.6) is 0 Å². The third-order valence-corrected chi connectivity index (χ3v) is 5.32. The van der Waals surface area contributed by atoms with Gasteiger partial charge in [0.1, 0.15) is 16.6 Å². The number of alkyl halides is 3. The van der Waals surface area contributed by atoms with Gasteiger partial charge in [-0.3, -0.25) is 10.4 Å². The molecule has 1 aromatic carbocycles. The Balaban J connectivity index is 1.58. The Morgan fingerprint density at radius 3 is 2.72 bits per heavy atom. The molecule has 4 rings (SSSR count). The molecule has 0 unspecified atom stereocenters. The number of rotatable bonds is 4. The first kappa shape index (κ1) is 19.1. The standard InChI is InChI=1S/C20H15F3N4OS/c21-20(22,23)13-5-3-4-12(8-13)15-11-29-19(26-15)17-16(28)10-27(18(17)24)9-14-6-1-2-7-25-14/h1-8,11,24,28H,9-10H2. The summed E-state index contributed by atoms with van der Waals surface area (Å²) in [5, 5.41) is 20.8. The van der Waals surface area contributed by atoms with Gasteiger partial charge in [-0.25, -0.2) is 4.98 Å². The summed E-state index contributed by atoms with van der Waals surface area (Å²) in [6.07, 6.45) is -2.78. The van der Waals surface area contributed by atoms with Gasteiger partial charge in [-0.15, -0.1) is 11.3 Å². The maximum atomic E-state index is 13.0. The van der Waals surface area contributed by atoms with E-state index in [2.05, 4.69) is 9.97 Å². The highest BCUT2D eigenvalue weighted by atomic mass is 32.1. The number of halogens is 3. The molecular weight excluding hydrogens is 401 g/mol. The van der Waals surface area contributed by atoms with Crippen molar-refractivity contribution < 1.29 is 18.3 Å². The van der Waals surface area contributed by atoms with Crippen molar-refractivity contribution in [2.24, 2.45) is 0 Å². The first-order valence-electron chi connectivity index (χ1n) is 8.62. The molecule has 0 spiro atoms. The monoisotopic (exact) mass is 416 g/mol. The normalized spacial score (nSPS) is 14.7. The Hall–Kier alpha value is -3.20. The topological polar surface area (TPSA) is 73.1 Å². The van der Waals surface area contributed by atoms with E-state index < -0.39 is 11.7 Å². The van der Waals surface area contributed by atoms with Crippen molar-refractivity contribution in [1.82, 2.24) is 14.9 Å². The van der Waals surface area contributed by atoms with Gasteiger partial charge in [0.05, 0.1) is 35.6 Å². The van der Waals surface area contributed by atoms with Crippen molar-refractivity contribution in [2.45, 2.75) is 12.7 Å². The Kier molecular flexibility index (Phi) is 4.83. The maximum Gasteiger partial charge on any atom is 0.416 e. The molecule has 29 heavy (non-hydrogen) atoms. The summed E-state index contributed by atoms with van der Waals surface area (Å²) >= 11 is 1.18. The third kappa shape index (κ3) is 3.86. The van der Waals surface area contributed by atoms with E-state index in [1.807, 2.05) is 12.1 Å². The van der Waals surface area contributed by atoms with Gasteiger partial charge >= 0.3 is 6.18 Å². The maximum absolute atomic E-state index is 13.0. The molecule has 0 radical (unpaired) electrons. The van der Waals surface area contributed by atoms with Crippen LogP contribution in [0.2, 0.25) is 0 Å². The summed E-state index contributed by atoms with van der Waals surface area (Å²) < 4.78 is 38.9. The van der Waals surface area contributed by atoms with E-state index in [9.17, 15) is 18.3 Å². The zero-order valence-corrected chi connectivity index (χ0v) is 15.8. The molecule has 2 aromatic heterocycles. The number of amidine groups is 1. The minimum atomic E-state index is -4.44. The number of benzene rings is 1. The third-order valence-electron chi connectivity index (χ3n) is 4.46. The molecule has 5 nitrogen and oxygen atoms in total. The highest BCUT2D eigenvalue weighted by Crippen LogP contribution is 2.35. The number of nitrogens with zero attached hydrogens (tertiary/aromatic N) is 3. The second-order valence-electron chi connectivity index (χ2n) is 6.46. The number of aliphatic hydroxyl groups is 1. The smallest absolute Gasteiger partial charge is 0.416 e. The molecule has 1 aliphatic rings. The van der Waals surface area contributed by atoms with Gasteiger partial charge in [0, 0.05) is 17.1 Å². The van der Waals surface area contributed by atoms with Crippen molar-refractivity contribution in [3.05, 3.63) is 76.1 Å². The average Bonchev–Trinajstić information content (AvgIpc) is 3.27. The number of aromatic nitrogens is 2. The number of pyridine rings is 1. The zero-order chi connectivity index (χ0) is 20.6. The van der Waals surface area contributed by atoms with Crippen LogP contribution in [0.1, 0.15) is 16.3 Å². The Bertz CT molecular complexity index is 1090. The van der Waals surface area contributed by atoms with Crippen LogP contribution in [0, 0.1) is 5.41 Å². The Morgan fingerprint density at radius 1 is 1.17 bits per heavy atom. The van der Waals surface area contributed by atoms with E-state index in [0.717, 1.165) is 17.8 Å².